The van der Waals surface area contributed by atoms with E-state index in [1.54, 1.807) is 0 Å². The summed E-state index contributed by atoms with van der Waals surface area (Å²) in [5.74, 6) is 0. The fourth-order valence-corrected chi connectivity index (χ4v) is 1.45. The van der Waals surface area contributed by atoms with E-state index in [9.17, 15) is 0 Å². The smallest absolute Gasteiger partial charge is 0.0947 e. The number of hydrogen-bond donors (Lipinski definition) is 2. The van der Waals surface area contributed by atoms with Crippen molar-refractivity contribution >= 4 is 0 Å². The van der Waals surface area contributed by atoms with Crippen molar-refractivity contribution in [1.82, 2.24) is 20.2 Å². The minimum Gasteiger partial charge on any atom is -0.340 e. The van der Waals surface area contributed by atoms with Gasteiger partial charge in [0.05, 0.1) is 12.0 Å². The Hall–Kier alpha value is -0.870. The van der Waals surface area contributed by atoms with Gasteiger partial charge in [-0.3, -0.25) is 0 Å². The molecule has 0 radical (unpaired) electrons. The molecule has 2 N–H and O–H groups in total. The lowest BCUT2D eigenvalue weighted by atomic mass is 10.1. The first kappa shape index (κ1) is 13.2. The lowest BCUT2D eigenvalue weighted by Gasteiger charge is -2.20. The summed E-state index contributed by atoms with van der Waals surface area (Å²) in [5.41, 5.74) is 1.33. The number of rotatable bonds is 6. The highest BCUT2D eigenvalue weighted by Gasteiger charge is 2.06. The van der Waals surface area contributed by atoms with Gasteiger partial charge < -0.3 is 15.2 Å². The van der Waals surface area contributed by atoms with Crippen molar-refractivity contribution in [3.05, 3.63) is 18.2 Å². The summed E-state index contributed by atoms with van der Waals surface area (Å²) < 4.78 is 1.97. The SMILES string of the molecule is Cn1cnc(CNCCCNC(C)(C)C)c1. The molecule has 0 amide bonds. The Morgan fingerprint density at radius 3 is 2.62 bits per heavy atom. The third-order valence-corrected chi connectivity index (χ3v) is 2.25. The highest BCUT2D eigenvalue weighted by molar-refractivity contribution is 4.95. The van der Waals surface area contributed by atoms with Gasteiger partial charge in [0.15, 0.2) is 0 Å². The highest BCUT2D eigenvalue weighted by atomic mass is 15.0. The van der Waals surface area contributed by atoms with Gasteiger partial charge in [0.25, 0.3) is 0 Å². The largest absolute Gasteiger partial charge is 0.340 e. The quantitative estimate of drug-likeness (QED) is 0.715. The van der Waals surface area contributed by atoms with Crippen molar-refractivity contribution in [1.29, 1.82) is 0 Å². The second kappa shape index (κ2) is 6.01. The Morgan fingerprint density at radius 2 is 2.06 bits per heavy atom. The summed E-state index contributed by atoms with van der Waals surface area (Å²) in [6, 6.07) is 0. The highest BCUT2D eigenvalue weighted by Crippen LogP contribution is 1.97. The Balaban J connectivity index is 2.00. The summed E-state index contributed by atoms with van der Waals surface area (Å²) in [4.78, 5) is 4.26. The fourth-order valence-electron chi connectivity index (χ4n) is 1.45. The molecule has 0 bridgehead atoms. The van der Waals surface area contributed by atoms with Crippen molar-refractivity contribution < 1.29 is 0 Å². The molecule has 0 aliphatic carbocycles. The summed E-state index contributed by atoms with van der Waals surface area (Å²) in [5, 5.41) is 6.85. The fraction of sp³-hybridized carbons (Fsp3) is 0.750. The zero-order chi connectivity index (χ0) is 12.0. The maximum atomic E-state index is 4.26. The van der Waals surface area contributed by atoms with E-state index in [0.29, 0.717) is 0 Å². The minimum absolute atomic E-state index is 0.223. The zero-order valence-electron chi connectivity index (χ0n) is 10.9. The van der Waals surface area contributed by atoms with E-state index in [0.717, 1.165) is 31.7 Å². The monoisotopic (exact) mass is 224 g/mol. The molecule has 4 heteroatoms. The zero-order valence-corrected chi connectivity index (χ0v) is 10.9. The molecule has 1 aromatic rings. The van der Waals surface area contributed by atoms with E-state index in [-0.39, 0.29) is 5.54 Å². The van der Waals surface area contributed by atoms with Gasteiger partial charge >= 0.3 is 0 Å². The first-order chi connectivity index (χ1) is 7.47. The number of imidazole rings is 1. The van der Waals surface area contributed by atoms with Crippen LogP contribution in [0.4, 0.5) is 0 Å². The minimum atomic E-state index is 0.223. The van der Waals surface area contributed by atoms with E-state index < -0.39 is 0 Å². The molecular formula is C12H24N4. The van der Waals surface area contributed by atoms with Crippen molar-refractivity contribution in [3.63, 3.8) is 0 Å². The normalized spacial score (nSPS) is 12.0. The average molecular weight is 224 g/mol. The number of aryl methyl sites for hydroxylation is 1. The molecule has 1 heterocycles. The molecule has 16 heavy (non-hydrogen) atoms. The molecule has 0 aromatic carbocycles. The van der Waals surface area contributed by atoms with Crippen LogP contribution in [-0.4, -0.2) is 28.2 Å². The second-order valence-electron chi connectivity index (χ2n) is 5.24. The molecule has 92 valence electrons. The predicted molar refractivity (Wildman–Crippen MR) is 67.3 cm³/mol. The molecule has 4 nitrogen and oxygen atoms in total. The summed E-state index contributed by atoms with van der Waals surface area (Å²) >= 11 is 0. The summed E-state index contributed by atoms with van der Waals surface area (Å²) in [6.45, 7) is 9.51. The third-order valence-electron chi connectivity index (χ3n) is 2.25. The molecule has 0 saturated heterocycles. The van der Waals surface area contributed by atoms with Crippen molar-refractivity contribution in [2.45, 2.75) is 39.3 Å². The van der Waals surface area contributed by atoms with Gasteiger partial charge in [-0.25, -0.2) is 4.98 Å². The maximum Gasteiger partial charge on any atom is 0.0947 e. The van der Waals surface area contributed by atoms with Gasteiger partial charge in [0.1, 0.15) is 0 Å². The van der Waals surface area contributed by atoms with Crippen LogP contribution in [-0.2, 0) is 13.6 Å². The van der Waals surface area contributed by atoms with Crippen LogP contribution in [0.3, 0.4) is 0 Å². The third kappa shape index (κ3) is 5.88. The molecule has 0 spiro atoms. The van der Waals surface area contributed by atoms with Gasteiger partial charge in [0.2, 0.25) is 0 Å². The molecule has 0 saturated carbocycles. The van der Waals surface area contributed by atoms with Crippen LogP contribution < -0.4 is 10.6 Å². The predicted octanol–water partition coefficient (Wildman–Crippen LogP) is 1.29. The van der Waals surface area contributed by atoms with Crippen LogP contribution in [0.2, 0.25) is 0 Å². The van der Waals surface area contributed by atoms with Crippen LogP contribution >= 0.6 is 0 Å². The number of hydrogen-bond acceptors (Lipinski definition) is 3. The number of nitrogens with one attached hydrogen (secondary N) is 2. The van der Waals surface area contributed by atoms with Gasteiger partial charge in [0, 0.05) is 25.3 Å². The summed E-state index contributed by atoms with van der Waals surface area (Å²) in [6.07, 6.45) is 5.02. The standard InChI is InChI=1S/C12H24N4/c1-12(2,3)15-7-5-6-13-8-11-9-16(4)10-14-11/h9-10,13,15H,5-8H2,1-4H3. The Morgan fingerprint density at radius 1 is 1.31 bits per heavy atom. The molecule has 0 aliphatic heterocycles. The van der Waals surface area contributed by atoms with Gasteiger partial charge in [-0.15, -0.1) is 0 Å². The molecule has 1 aromatic heterocycles. The first-order valence-electron chi connectivity index (χ1n) is 5.90. The molecule has 0 atom stereocenters. The maximum absolute atomic E-state index is 4.26. The Labute approximate surface area is 98.5 Å². The van der Waals surface area contributed by atoms with Gasteiger partial charge in [-0.2, -0.15) is 0 Å². The van der Waals surface area contributed by atoms with E-state index in [1.807, 2.05) is 24.1 Å². The van der Waals surface area contributed by atoms with Crippen molar-refractivity contribution in [2.75, 3.05) is 13.1 Å². The summed E-state index contributed by atoms with van der Waals surface area (Å²) in [7, 11) is 1.99. The molecular weight excluding hydrogens is 200 g/mol. The topological polar surface area (TPSA) is 41.9 Å². The van der Waals surface area contributed by atoms with Crippen LogP contribution in [0.25, 0.3) is 0 Å². The van der Waals surface area contributed by atoms with Crippen LogP contribution in [0.15, 0.2) is 12.5 Å². The average Bonchev–Trinajstić information content (AvgIpc) is 2.56. The molecule has 0 fully saturated rings. The Bertz CT molecular complexity index is 298. The van der Waals surface area contributed by atoms with Crippen molar-refractivity contribution in [2.24, 2.45) is 7.05 Å². The van der Waals surface area contributed by atoms with Crippen LogP contribution in [0, 0.1) is 0 Å². The molecule has 0 aliphatic rings. The molecule has 0 unspecified atom stereocenters. The van der Waals surface area contributed by atoms with E-state index in [1.165, 1.54) is 0 Å². The lowest BCUT2D eigenvalue weighted by Crippen LogP contribution is -2.37. The first-order valence-corrected chi connectivity index (χ1v) is 5.90. The number of aromatic nitrogens is 2. The Kier molecular flexibility index (Phi) is 4.96. The number of nitrogens with zero attached hydrogens (tertiary/aromatic N) is 2. The van der Waals surface area contributed by atoms with Gasteiger partial charge in [-0.05, 0) is 40.3 Å². The van der Waals surface area contributed by atoms with E-state index in [4.69, 9.17) is 0 Å². The van der Waals surface area contributed by atoms with Crippen LogP contribution in [0.1, 0.15) is 32.9 Å². The van der Waals surface area contributed by atoms with Crippen LogP contribution in [0.5, 0.6) is 0 Å². The lowest BCUT2D eigenvalue weighted by molar-refractivity contribution is 0.418. The van der Waals surface area contributed by atoms with Crippen molar-refractivity contribution in [3.8, 4) is 0 Å². The van der Waals surface area contributed by atoms with Gasteiger partial charge in [-0.1, -0.05) is 0 Å². The molecule has 1 rings (SSSR count). The second-order valence-corrected chi connectivity index (χ2v) is 5.24. The van der Waals surface area contributed by atoms with E-state index in [2.05, 4.69) is 36.4 Å². The van der Waals surface area contributed by atoms with E-state index >= 15 is 0 Å².